The molecule has 0 aromatic heterocycles. The summed E-state index contributed by atoms with van der Waals surface area (Å²) in [7, 11) is 0. The number of nitrogens with one attached hydrogen (secondary N) is 3. The molecule has 3 N–H and O–H groups in total. The van der Waals surface area contributed by atoms with Gasteiger partial charge in [0.05, 0.1) is 18.3 Å². The summed E-state index contributed by atoms with van der Waals surface area (Å²) in [4.78, 5) is 24.7. The normalized spacial score (nSPS) is 10.5. The molecule has 0 heterocycles. The zero-order valence-corrected chi connectivity index (χ0v) is 18.3. The molecule has 8 heteroatoms. The predicted octanol–water partition coefficient (Wildman–Crippen LogP) is 3.46. The first-order valence-electron chi connectivity index (χ1n) is 9.66. The maximum absolute atomic E-state index is 12.5. The number of amides is 2. The van der Waals surface area contributed by atoms with Crippen LogP contribution < -0.4 is 25.6 Å². The van der Waals surface area contributed by atoms with Gasteiger partial charge in [0.25, 0.3) is 11.8 Å². The average Bonchev–Trinajstić information content (AvgIpc) is 2.70. The Morgan fingerprint density at radius 1 is 0.933 bits per heavy atom. The quantitative estimate of drug-likeness (QED) is 0.461. The number of carbonyl (C=O) groups excluding carboxylic acids is 2. The van der Waals surface area contributed by atoms with E-state index in [-0.39, 0.29) is 11.2 Å². The number of hydrazine groups is 1. The summed E-state index contributed by atoms with van der Waals surface area (Å²) in [5, 5.41) is 2.48. The van der Waals surface area contributed by atoms with E-state index in [0.717, 1.165) is 0 Å². The molecule has 0 aliphatic heterocycles. The molecule has 2 amide bonds. The van der Waals surface area contributed by atoms with Crippen molar-refractivity contribution in [1.82, 2.24) is 16.2 Å². The van der Waals surface area contributed by atoms with E-state index in [1.807, 2.05) is 13.8 Å². The van der Waals surface area contributed by atoms with E-state index in [1.165, 1.54) is 0 Å². The zero-order valence-electron chi connectivity index (χ0n) is 17.5. The Morgan fingerprint density at radius 3 is 2.23 bits per heavy atom. The number of hydrogen-bond acceptors (Lipinski definition) is 5. The molecule has 30 heavy (non-hydrogen) atoms. The fourth-order valence-electron chi connectivity index (χ4n) is 2.36. The summed E-state index contributed by atoms with van der Waals surface area (Å²) in [5.41, 5.74) is 5.75. The first-order valence-corrected chi connectivity index (χ1v) is 10.1. The van der Waals surface area contributed by atoms with Crippen LogP contribution in [-0.4, -0.2) is 29.6 Å². The highest BCUT2D eigenvalue weighted by molar-refractivity contribution is 7.80. The van der Waals surface area contributed by atoms with Gasteiger partial charge in [0.15, 0.2) is 5.11 Å². The summed E-state index contributed by atoms with van der Waals surface area (Å²) in [6.45, 7) is 8.47. The molecule has 0 aliphatic rings. The zero-order chi connectivity index (χ0) is 22.1. The summed E-state index contributed by atoms with van der Waals surface area (Å²) >= 11 is 5.09. The third kappa shape index (κ3) is 7.36. The molecule has 0 bridgehead atoms. The van der Waals surface area contributed by atoms with Crippen molar-refractivity contribution in [2.24, 2.45) is 5.92 Å². The van der Waals surface area contributed by atoms with Gasteiger partial charge in [0.2, 0.25) is 0 Å². The van der Waals surface area contributed by atoms with Crippen molar-refractivity contribution >= 4 is 29.1 Å². The molecule has 0 unspecified atom stereocenters. The molecule has 0 saturated heterocycles. The van der Waals surface area contributed by atoms with E-state index in [0.29, 0.717) is 35.2 Å². The van der Waals surface area contributed by atoms with Gasteiger partial charge in [-0.3, -0.25) is 25.8 Å². The van der Waals surface area contributed by atoms with Gasteiger partial charge in [0.1, 0.15) is 11.5 Å². The van der Waals surface area contributed by atoms with Crippen molar-refractivity contribution in [1.29, 1.82) is 0 Å². The second-order valence-corrected chi connectivity index (χ2v) is 7.66. The molecule has 0 fully saturated rings. The van der Waals surface area contributed by atoms with E-state index in [1.54, 1.807) is 48.5 Å². The van der Waals surface area contributed by atoms with Gasteiger partial charge in [-0.2, -0.15) is 0 Å². The summed E-state index contributed by atoms with van der Waals surface area (Å²) < 4.78 is 11.2. The highest BCUT2D eigenvalue weighted by Gasteiger charge is 2.15. The Balaban J connectivity index is 1.87. The monoisotopic (exact) mass is 429 g/mol. The lowest BCUT2D eigenvalue weighted by molar-refractivity contribution is 0.0933. The molecule has 2 rings (SSSR count). The molecule has 0 atom stereocenters. The SMILES string of the molecule is CC(C)COc1ccc(C(=O)NNC(=S)NC(=O)c2ccccc2OC(C)C)cc1. The summed E-state index contributed by atoms with van der Waals surface area (Å²) in [5.74, 6) is 0.724. The maximum atomic E-state index is 12.5. The Morgan fingerprint density at radius 2 is 1.60 bits per heavy atom. The molecule has 2 aromatic carbocycles. The fourth-order valence-corrected chi connectivity index (χ4v) is 2.51. The Kier molecular flexibility index (Phi) is 8.61. The Labute approximate surface area is 182 Å². The highest BCUT2D eigenvalue weighted by atomic mass is 32.1. The van der Waals surface area contributed by atoms with Crippen molar-refractivity contribution < 1.29 is 19.1 Å². The van der Waals surface area contributed by atoms with Crippen molar-refractivity contribution in [3.63, 3.8) is 0 Å². The number of thiocarbonyl (C=S) groups is 1. The summed E-state index contributed by atoms with van der Waals surface area (Å²) in [6.07, 6.45) is -0.0783. The third-order valence-corrected chi connectivity index (χ3v) is 3.91. The highest BCUT2D eigenvalue weighted by Crippen LogP contribution is 2.19. The standard InChI is InChI=1S/C22H27N3O4S/c1-14(2)13-28-17-11-9-16(10-12-17)20(26)24-25-22(30)23-21(27)18-7-5-6-8-19(18)29-15(3)4/h5-12,14-15H,13H2,1-4H3,(H,24,26)(H2,23,25,27,30). The van der Waals surface area contributed by atoms with Gasteiger partial charge in [0, 0.05) is 5.56 Å². The second-order valence-electron chi connectivity index (χ2n) is 7.25. The molecular formula is C22H27N3O4S. The lowest BCUT2D eigenvalue weighted by Gasteiger charge is -2.15. The van der Waals surface area contributed by atoms with Gasteiger partial charge < -0.3 is 9.47 Å². The van der Waals surface area contributed by atoms with E-state index in [9.17, 15) is 9.59 Å². The van der Waals surface area contributed by atoms with Crippen LogP contribution in [0.25, 0.3) is 0 Å². The van der Waals surface area contributed by atoms with Crippen LogP contribution in [-0.2, 0) is 0 Å². The number of carbonyl (C=O) groups is 2. The smallest absolute Gasteiger partial charge is 0.269 e. The molecule has 160 valence electrons. The topological polar surface area (TPSA) is 88.7 Å². The lowest BCUT2D eigenvalue weighted by atomic mass is 10.2. The number of para-hydroxylation sites is 1. The Hall–Kier alpha value is -3.13. The molecule has 7 nitrogen and oxygen atoms in total. The minimum absolute atomic E-state index is 0.0374. The van der Waals surface area contributed by atoms with Gasteiger partial charge in [-0.25, -0.2) is 0 Å². The first-order chi connectivity index (χ1) is 14.3. The Bertz CT molecular complexity index is 882. The van der Waals surface area contributed by atoms with Crippen LogP contribution in [0.2, 0.25) is 0 Å². The van der Waals surface area contributed by atoms with Gasteiger partial charge in [-0.1, -0.05) is 26.0 Å². The predicted molar refractivity (Wildman–Crippen MR) is 120 cm³/mol. The van der Waals surface area contributed by atoms with Gasteiger partial charge >= 0.3 is 0 Å². The van der Waals surface area contributed by atoms with Crippen LogP contribution in [0, 0.1) is 5.92 Å². The van der Waals surface area contributed by atoms with E-state index in [2.05, 4.69) is 30.0 Å². The first kappa shape index (κ1) is 23.2. The number of benzene rings is 2. The van der Waals surface area contributed by atoms with E-state index < -0.39 is 11.8 Å². The van der Waals surface area contributed by atoms with Crippen molar-refractivity contribution in [2.45, 2.75) is 33.8 Å². The molecular weight excluding hydrogens is 402 g/mol. The molecule has 2 aromatic rings. The van der Waals surface area contributed by atoms with E-state index in [4.69, 9.17) is 21.7 Å². The average molecular weight is 430 g/mol. The molecule has 0 spiro atoms. The van der Waals surface area contributed by atoms with Crippen molar-refractivity contribution in [3.05, 3.63) is 59.7 Å². The van der Waals surface area contributed by atoms with Crippen LogP contribution >= 0.6 is 12.2 Å². The number of ether oxygens (including phenoxy) is 2. The molecule has 0 saturated carbocycles. The van der Waals surface area contributed by atoms with Crippen LogP contribution in [0.15, 0.2) is 48.5 Å². The number of hydrogen-bond donors (Lipinski definition) is 3. The maximum Gasteiger partial charge on any atom is 0.269 e. The largest absolute Gasteiger partial charge is 0.493 e. The van der Waals surface area contributed by atoms with Gasteiger partial charge in [-0.05, 0) is 68.4 Å². The number of rotatable bonds is 7. The minimum atomic E-state index is -0.440. The van der Waals surface area contributed by atoms with Gasteiger partial charge in [-0.15, -0.1) is 0 Å². The lowest BCUT2D eigenvalue weighted by Crippen LogP contribution is -2.48. The summed E-state index contributed by atoms with van der Waals surface area (Å²) in [6, 6.07) is 13.6. The van der Waals surface area contributed by atoms with Crippen molar-refractivity contribution in [2.75, 3.05) is 6.61 Å². The second kappa shape index (κ2) is 11.2. The fraction of sp³-hybridized carbons (Fsp3) is 0.318. The van der Waals surface area contributed by atoms with Crippen LogP contribution in [0.1, 0.15) is 48.4 Å². The van der Waals surface area contributed by atoms with Crippen LogP contribution in [0.4, 0.5) is 0 Å². The third-order valence-electron chi connectivity index (χ3n) is 3.71. The van der Waals surface area contributed by atoms with Crippen LogP contribution in [0.3, 0.4) is 0 Å². The molecule has 0 aliphatic carbocycles. The molecule has 0 radical (unpaired) electrons. The van der Waals surface area contributed by atoms with Crippen LogP contribution in [0.5, 0.6) is 11.5 Å². The van der Waals surface area contributed by atoms with E-state index >= 15 is 0 Å². The minimum Gasteiger partial charge on any atom is -0.493 e. The van der Waals surface area contributed by atoms with Crippen molar-refractivity contribution in [3.8, 4) is 11.5 Å².